The van der Waals surface area contributed by atoms with Gasteiger partial charge in [0.15, 0.2) is 8.32 Å². The molecule has 1 aromatic carbocycles. The fraction of sp³-hybridized carbons (Fsp3) is 0.857. The van der Waals surface area contributed by atoms with Crippen molar-refractivity contribution in [3.63, 3.8) is 0 Å². The zero-order valence-electron chi connectivity index (χ0n) is 35.7. The summed E-state index contributed by atoms with van der Waals surface area (Å²) in [6, 6.07) is 8.44. The van der Waals surface area contributed by atoms with E-state index >= 15 is 0 Å². The summed E-state index contributed by atoms with van der Waals surface area (Å²) in [6.45, 7) is 25.2. The molecule has 0 aliphatic rings. The fourth-order valence-electron chi connectivity index (χ4n) is 4.73. The number of aryl methyl sites for hydroxylation is 1. The second-order valence-electron chi connectivity index (χ2n) is 14.7. The molecule has 0 N–H and O–H groups in total. The molecule has 0 saturated carbocycles. The van der Waals surface area contributed by atoms with Crippen molar-refractivity contribution in [3.05, 3.63) is 29.8 Å². The van der Waals surface area contributed by atoms with E-state index in [0.717, 1.165) is 12.2 Å². The molecule has 55 heavy (non-hydrogen) atoms. The Morgan fingerprint density at radius 3 is 1.05 bits per heavy atom. The molecule has 0 saturated heterocycles. The summed E-state index contributed by atoms with van der Waals surface area (Å²) < 4.78 is 67.3. The molecule has 0 spiro atoms. The van der Waals surface area contributed by atoms with Crippen LogP contribution in [0.25, 0.3) is 0 Å². The molecular weight excluding hydrogens is 725 g/mol. The van der Waals surface area contributed by atoms with Gasteiger partial charge in [-0.25, -0.2) is 0 Å². The van der Waals surface area contributed by atoms with Crippen LogP contribution in [0.4, 0.5) is 0 Å². The maximum absolute atomic E-state index is 6.09. The van der Waals surface area contributed by atoms with Gasteiger partial charge in [0.2, 0.25) is 0 Å². The Balaban J connectivity index is 1.69. The average Bonchev–Trinajstić information content (AvgIpc) is 3.16. The first-order valence-corrected chi connectivity index (χ1v) is 23.8. The second-order valence-corrected chi connectivity index (χ2v) is 19.6. The van der Waals surface area contributed by atoms with Crippen molar-refractivity contribution < 1.29 is 56.5 Å². The molecule has 0 aliphatic carbocycles. The summed E-state index contributed by atoms with van der Waals surface area (Å²) in [4.78, 5) is 0. The highest BCUT2D eigenvalue weighted by Crippen LogP contribution is 2.36. The van der Waals surface area contributed by atoms with Crippen molar-refractivity contribution >= 4 is 8.32 Å². The second kappa shape index (κ2) is 37.1. The van der Waals surface area contributed by atoms with E-state index in [2.05, 4.69) is 65.1 Å². The Morgan fingerprint density at radius 2 is 0.709 bits per heavy atom. The van der Waals surface area contributed by atoms with Crippen LogP contribution < -0.4 is 4.74 Å². The number of unbranched alkanes of at least 4 members (excludes halogenated alkanes) is 5. The van der Waals surface area contributed by atoms with Crippen LogP contribution in [0.1, 0.15) is 71.8 Å². The maximum Gasteiger partial charge on any atom is 0.192 e. The van der Waals surface area contributed by atoms with Gasteiger partial charge < -0.3 is 56.5 Å². The number of hydrogen-bond acceptors (Lipinski definition) is 12. The first kappa shape index (κ1) is 51.8. The van der Waals surface area contributed by atoms with Crippen LogP contribution in [0.3, 0.4) is 0 Å². The van der Waals surface area contributed by atoms with Crippen molar-refractivity contribution in [1.82, 2.24) is 0 Å². The number of ether oxygens (including phenoxy) is 11. The van der Waals surface area contributed by atoms with Gasteiger partial charge in [-0.2, -0.15) is 0 Å². The molecule has 0 bridgehead atoms. The minimum absolute atomic E-state index is 0.216. The highest BCUT2D eigenvalue weighted by molar-refractivity contribution is 6.74. The lowest BCUT2D eigenvalue weighted by atomic mass is 10.0. The molecule has 0 unspecified atom stereocenters. The smallest absolute Gasteiger partial charge is 0.192 e. The lowest BCUT2D eigenvalue weighted by molar-refractivity contribution is -0.0270. The van der Waals surface area contributed by atoms with Gasteiger partial charge in [-0.3, -0.25) is 0 Å². The molecule has 0 radical (unpaired) electrons. The standard InChI is InChI=1S/C42H80O12Si/c1-7-8-9-10-11-12-13-40-14-16-41(17-15-40)53-38-36-51-34-32-49-30-28-47-26-24-45-22-20-43-18-19-44-21-23-46-25-27-48-29-31-50-33-35-52-37-39-54-55(5,6)42(2,3)4/h14-17H,7-13,18-39H2,1-6H3. The zero-order chi connectivity index (χ0) is 40.0. The highest BCUT2D eigenvalue weighted by Gasteiger charge is 2.36. The summed E-state index contributed by atoms with van der Waals surface area (Å²) in [5.41, 5.74) is 1.38. The van der Waals surface area contributed by atoms with E-state index in [1.54, 1.807) is 0 Å². The van der Waals surface area contributed by atoms with Gasteiger partial charge >= 0.3 is 0 Å². The third-order valence-electron chi connectivity index (χ3n) is 9.08. The summed E-state index contributed by atoms with van der Waals surface area (Å²) in [5, 5.41) is 0.216. The number of benzene rings is 1. The molecule has 0 amide bonds. The minimum Gasteiger partial charge on any atom is -0.491 e. The SMILES string of the molecule is CCCCCCCCc1ccc(OCCOCCOCCOCCOCCOCCOCCOCCOCCOCCOCCO[Si](C)(C)C(C)(C)C)cc1. The van der Waals surface area contributed by atoms with Crippen molar-refractivity contribution in [3.8, 4) is 5.75 Å². The third-order valence-corrected chi connectivity index (χ3v) is 13.6. The molecule has 324 valence electrons. The fourth-order valence-corrected chi connectivity index (χ4v) is 5.76. The Morgan fingerprint density at radius 1 is 0.400 bits per heavy atom. The van der Waals surface area contributed by atoms with Crippen molar-refractivity contribution in [2.75, 3.05) is 145 Å². The predicted molar refractivity (Wildman–Crippen MR) is 220 cm³/mol. The van der Waals surface area contributed by atoms with Crippen LogP contribution in [0.15, 0.2) is 24.3 Å². The van der Waals surface area contributed by atoms with E-state index in [9.17, 15) is 0 Å². The van der Waals surface area contributed by atoms with Gasteiger partial charge in [0.1, 0.15) is 12.4 Å². The molecule has 1 rings (SSSR count). The van der Waals surface area contributed by atoms with Crippen molar-refractivity contribution in [2.24, 2.45) is 0 Å². The molecule has 0 atom stereocenters. The Labute approximate surface area is 335 Å². The van der Waals surface area contributed by atoms with Crippen molar-refractivity contribution in [1.29, 1.82) is 0 Å². The Kier molecular flexibility index (Phi) is 34.9. The van der Waals surface area contributed by atoms with E-state index in [1.165, 1.54) is 44.1 Å². The number of rotatable bonds is 42. The van der Waals surface area contributed by atoms with Gasteiger partial charge in [-0.1, -0.05) is 71.9 Å². The van der Waals surface area contributed by atoms with Gasteiger partial charge in [-0.15, -0.1) is 0 Å². The monoisotopic (exact) mass is 805 g/mol. The summed E-state index contributed by atoms with van der Waals surface area (Å²) >= 11 is 0. The van der Waals surface area contributed by atoms with Gasteiger partial charge in [0, 0.05) is 0 Å². The molecule has 13 heteroatoms. The van der Waals surface area contributed by atoms with Crippen LogP contribution in [0.5, 0.6) is 5.75 Å². The van der Waals surface area contributed by atoms with E-state index < -0.39 is 8.32 Å². The minimum atomic E-state index is -1.70. The highest BCUT2D eigenvalue weighted by atomic mass is 28.4. The van der Waals surface area contributed by atoms with Crippen molar-refractivity contribution in [2.45, 2.75) is 90.8 Å². The molecule has 0 aliphatic heterocycles. The normalized spacial score (nSPS) is 12.2. The Hall–Kier alpha value is -1.20. The lowest BCUT2D eigenvalue weighted by Crippen LogP contribution is -2.41. The molecule has 1 aromatic rings. The quantitative estimate of drug-likeness (QED) is 0.0494. The maximum atomic E-state index is 6.09. The van der Waals surface area contributed by atoms with Gasteiger partial charge in [-0.05, 0) is 48.7 Å². The van der Waals surface area contributed by atoms with E-state index in [4.69, 9.17) is 56.5 Å². The van der Waals surface area contributed by atoms with Crippen LogP contribution in [-0.4, -0.2) is 154 Å². The average molecular weight is 805 g/mol. The summed E-state index contributed by atoms with van der Waals surface area (Å²) in [6.07, 6.45) is 9.09. The molecule has 0 heterocycles. The molecular formula is C42H80O12Si. The summed E-state index contributed by atoms with van der Waals surface area (Å²) in [7, 11) is -1.70. The van der Waals surface area contributed by atoms with Crippen LogP contribution >= 0.6 is 0 Å². The third kappa shape index (κ3) is 33.5. The first-order valence-electron chi connectivity index (χ1n) is 20.9. The van der Waals surface area contributed by atoms with Gasteiger partial charge in [0.25, 0.3) is 0 Å². The molecule has 0 aromatic heterocycles. The van der Waals surface area contributed by atoms with E-state index in [1.807, 2.05) is 0 Å². The van der Waals surface area contributed by atoms with E-state index in [-0.39, 0.29) is 5.04 Å². The largest absolute Gasteiger partial charge is 0.491 e. The van der Waals surface area contributed by atoms with Crippen LogP contribution in [0.2, 0.25) is 18.1 Å². The van der Waals surface area contributed by atoms with Crippen LogP contribution in [0, 0.1) is 0 Å². The molecule has 12 nitrogen and oxygen atoms in total. The Bertz CT molecular complexity index is 932. The zero-order valence-corrected chi connectivity index (χ0v) is 36.7. The van der Waals surface area contributed by atoms with Crippen LogP contribution in [-0.2, 0) is 58.2 Å². The molecule has 0 fully saturated rings. The van der Waals surface area contributed by atoms with Gasteiger partial charge in [0.05, 0.1) is 139 Å². The van der Waals surface area contributed by atoms with E-state index in [0.29, 0.717) is 145 Å². The topological polar surface area (TPSA) is 111 Å². The number of hydrogen-bond donors (Lipinski definition) is 0. The lowest BCUT2D eigenvalue weighted by Gasteiger charge is -2.36. The first-order chi connectivity index (χ1) is 26.8. The predicted octanol–water partition coefficient (Wildman–Crippen LogP) is 7.16. The summed E-state index contributed by atoms with van der Waals surface area (Å²) in [5.74, 6) is 0.886.